The van der Waals surface area contributed by atoms with Crippen molar-refractivity contribution in [2.24, 2.45) is 17.3 Å². The number of thioether (sulfide) groups is 1. The van der Waals surface area contributed by atoms with E-state index >= 15 is 0 Å². The molecule has 0 radical (unpaired) electrons. The zero-order chi connectivity index (χ0) is 8.65. The molecule has 0 aliphatic heterocycles. The van der Waals surface area contributed by atoms with Gasteiger partial charge < -0.3 is 5.11 Å². The molecule has 1 saturated carbocycles. The van der Waals surface area contributed by atoms with Gasteiger partial charge in [0, 0.05) is 0 Å². The average molecular weight is 174 g/mol. The molecule has 1 fully saturated rings. The predicted molar refractivity (Wildman–Crippen MR) is 46.8 cm³/mol. The van der Waals surface area contributed by atoms with Gasteiger partial charge in [0.05, 0.1) is 5.92 Å². The summed E-state index contributed by atoms with van der Waals surface area (Å²) in [6.45, 7) is 4.07. The van der Waals surface area contributed by atoms with Gasteiger partial charge in [0.1, 0.15) is 0 Å². The second kappa shape index (κ2) is 2.70. The largest absolute Gasteiger partial charge is 0.481 e. The summed E-state index contributed by atoms with van der Waals surface area (Å²) in [5.41, 5.74) is 0.0366. The van der Waals surface area contributed by atoms with E-state index < -0.39 is 5.97 Å². The molecule has 2 nitrogen and oxygen atoms in total. The van der Waals surface area contributed by atoms with Crippen molar-refractivity contribution in [3.05, 3.63) is 0 Å². The summed E-state index contributed by atoms with van der Waals surface area (Å²) in [5, 5.41) is 8.78. The highest BCUT2D eigenvalue weighted by molar-refractivity contribution is 7.98. The lowest BCUT2D eigenvalue weighted by Crippen LogP contribution is -2.03. The third-order valence-electron chi connectivity index (χ3n) is 2.66. The van der Waals surface area contributed by atoms with Gasteiger partial charge in [0.15, 0.2) is 0 Å². The molecule has 1 unspecified atom stereocenters. The Morgan fingerprint density at radius 3 is 2.45 bits per heavy atom. The minimum atomic E-state index is -0.631. The number of hydrogen-bond acceptors (Lipinski definition) is 2. The number of carbonyl (C=O) groups is 1. The fourth-order valence-electron chi connectivity index (χ4n) is 1.73. The van der Waals surface area contributed by atoms with Crippen molar-refractivity contribution in [3.63, 3.8) is 0 Å². The molecule has 0 saturated heterocycles. The molecule has 0 spiro atoms. The fourth-order valence-corrected chi connectivity index (χ4v) is 2.71. The minimum Gasteiger partial charge on any atom is -0.481 e. The van der Waals surface area contributed by atoms with E-state index in [1.165, 1.54) is 0 Å². The molecule has 1 N–H and O–H groups in total. The summed E-state index contributed by atoms with van der Waals surface area (Å²) < 4.78 is 0. The van der Waals surface area contributed by atoms with Gasteiger partial charge in [0.25, 0.3) is 0 Å². The van der Waals surface area contributed by atoms with Gasteiger partial charge in [0.2, 0.25) is 0 Å². The van der Waals surface area contributed by atoms with E-state index in [2.05, 4.69) is 0 Å². The van der Waals surface area contributed by atoms with Crippen molar-refractivity contribution in [1.82, 2.24) is 0 Å². The summed E-state index contributed by atoms with van der Waals surface area (Å²) >= 11 is 1.73. The second-order valence-electron chi connectivity index (χ2n) is 3.70. The maximum atomic E-state index is 10.7. The molecule has 1 rings (SSSR count). The van der Waals surface area contributed by atoms with E-state index in [4.69, 9.17) is 5.11 Å². The van der Waals surface area contributed by atoms with Gasteiger partial charge >= 0.3 is 5.97 Å². The SMILES string of the molecule is CSCC1[C@@H](C(=O)O)C1(C)C. The van der Waals surface area contributed by atoms with Crippen LogP contribution in [-0.4, -0.2) is 23.1 Å². The predicted octanol–water partition coefficient (Wildman–Crippen LogP) is 1.71. The Morgan fingerprint density at radius 1 is 1.64 bits per heavy atom. The average Bonchev–Trinajstić information content (AvgIpc) is 2.35. The fraction of sp³-hybridized carbons (Fsp3) is 0.875. The Morgan fingerprint density at radius 2 is 2.18 bits per heavy atom. The monoisotopic (exact) mass is 174 g/mol. The first-order chi connectivity index (χ1) is 5.01. The van der Waals surface area contributed by atoms with E-state index in [0.29, 0.717) is 5.92 Å². The summed E-state index contributed by atoms with van der Waals surface area (Å²) in [7, 11) is 0. The third-order valence-corrected chi connectivity index (χ3v) is 3.36. The normalized spacial score (nSPS) is 33.4. The summed E-state index contributed by atoms with van der Waals surface area (Å²) in [6, 6.07) is 0. The van der Waals surface area contributed by atoms with E-state index in [0.717, 1.165) is 5.75 Å². The van der Waals surface area contributed by atoms with Crippen LogP contribution in [0.2, 0.25) is 0 Å². The summed E-state index contributed by atoms with van der Waals surface area (Å²) in [6.07, 6.45) is 2.02. The van der Waals surface area contributed by atoms with Crippen LogP contribution in [0.15, 0.2) is 0 Å². The first-order valence-electron chi connectivity index (χ1n) is 3.73. The lowest BCUT2D eigenvalue weighted by Gasteiger charge is -1.98. The van der Waals surface area contributed by atoms with Gasteiger partial charge in [-0.25, -0.2) is 0 Å². The molecule has 1 aliphatic carbocycles. The first kappa shape index (κ1) is 8.91. The Kier molecular flexibility index (Phi) is 2.19. The molecular weight excluding hydrogens is 160 g/mol. The van der Waals surface area contributed by atoms with Crippen molar-refractivity contribution in [2.45, 2.75) is 13.8 Å². The summed E-state index contributed by atoms with van der Waals surface area (Å²) in [4.78, 5) is 10.7. The topological polar surface area (TPSA) is 37.3 Å². The van der Waals surface area contributed by atoms with Crippen LogP contribution in [0.3, 0.4) is 0 Å². The van der Waals surface area contributed by atoms with Crippen LogP contribution < -0.4 is 0 Å². The second-order valence-corrected chi connectivity index (χ2v) is 4.61. The highest BCUT2D eigenvalue weighted by atomic mass is 32.2. The maximum absolute atomic E-state index is 10.7. The van der Waals surface area contributed by atoms with Gasteiger partial charge in [-0.2, -0.15) is 11.8 Å². The Labute approximate surface area is 71.4 Å². The molecule has 0 heterocycles. The molecule has 1 aliphatic rings. The van der Waals surface area contributed by atoms with Crippen molar-refractivity contribution < 1.29 is 9.90 Å². The Bertz CT molecular complexity index is 177. The molecule has 11 heavy (non-hydrogen) atoms. The van der Waals surface area contributed by atoms with Crippen LogP contribution in [0.5, 0.6) is 0 Å². The van der Waals surface area contributed by atoms with E-state index in [9.17, 15) is 4.79 Å². The van der Waals surface area contributed by atoms with Crippen LogP contribution in [0.4, 0.5) is 0 Å². The molecule has 2 atom stereocenters. The van der Waals surface area contributed by atoms with Gasteiger partial charge in [-0.05, 0) is 23.3 Å². The van der Waals surface area contributed by atoms with Crippen molar-refractivity contribution in [1.29, 1.82) is 0 Å². The molecule has 0 aromatic rings. The number of carboxylic acid groups (broad SMARTS) is 1. The lowest BCUT2D eigenvalue weighted by atomic mass is 10.1. The third kappa shape index (κ3) is 1.39. The Hall–Kier alpha value is -0.180. The zero-order valence-corrected chi connectivity index (χ0v) is 7.94. The van der Waals surface area contributed by atoms with Crippen molar-refractivity contribution in [3.8, 4) is 0 Å². The molecule has 64 valence electrons. The van der Waals surface area contributed by atoms with Crippen molar-refractivity contribution >= 4 is 17.7 Å². The standard InChI is InChI=1S/C8H14O2S/c1-8(2)5(4-11-3)6(8)7(9)10/h5-6H,4H2,1-3H3,(H,9,10)/t5?,6-/m0/s1. The van der Waals surface area contributed by atoms with Crippen LogP contribution in [0.25, 0.3) is 0 Å². The number of aliphatic carboxylic acids is 1. The molecular formula is C8H14O2S. The van der Waals surface area contributed by atoms with Crippen LogP contribution in [0, 0.1) is 17.3 Å². The zero-order valence-electron chi connectivity index (χ0n) is 7.13. The highest BCUT2D eigenvalue weighted by Crippen LogP contribution is 2.59. The van der Waals surface area contributed by atoms with Crippen LogP contribution in [0.1, 0.15) is 13.8 Å². The smallest absolute Gasteiger partial charge is 0.307 e. The van der Waals surface area contributed by atoms with E-state index in [-0.39, 0.29) is 11.3 Å². The molecule has 0 bridgehead atoms. The van der Waals surface area contributed by atoms with Crippen LogP contribution in [-0.2, 0) is 4.79 Å². The van der Waals surface area contributed by atoms with Crippen molar-refractivity contribution in [2.75, 3.05) is 12.0 Å². The lowest BCUT2D eigenvalue weighted by molar-refractivity contribution is -0.139. The van der Waals surface area contributed by atoms with Gasteiger partial charge in [-0.1, -0.05) is 13.8 Å². The van der Waals surface area contributed by atoms with E-state index in [1.54, 1.807) is 11.8 Å². The molecule has 0 amide bonds. The summed E-state index contributed by atoms with van der Waals surface area (Å²) in [5.74, 6) is 0.628. The molecule has 3 heteroatoms. The number of carboxylic acids is 1. The van der Waals surface area contributed by atoms with Gasteiger partial charge in [-0.15, -0.1) is 0 Å². The first-order valence-corrected chi connectivity index (χ1v) is 5.13. The van der Waals surface area contributed by atoms with Gasteiger partial charge in [-0.3, -0.25) is 4.79 Å². The minimum absolute atomic E-state index is 0.0366. The molecule has 0 aromatic carbocycles. The Balaban J connectivity index is 2.53. The number of rotatable bonds is 3. The maximum Gasteiger partial charge on any atom is 0.307 e. The molecule has 0 aromatic heterocycles. The quantitative estimate of drug-likeness (QED) is 0.707. The highest BCUT2D eigenvalue weighted by Gasteiger charge is 2.61. The number of hydrogen-bond donors (Lipinski definition) is 1. The van der Waals surface area contributed by atoms with Crippen LogP contribution >= 0.6 is 11.8 Å². The van der Waals surface area contributed by atoms with E-state index in [1.807, 2.05) is 20.1 Å².